The first kappa shape index (κ1) is 14.6. The van der Waals surface area contributed by atoms with Crippen LogP contribution in [0.15, 0.2) is 18.2 Å². The molecule has 2 rings (SSSR count). The monoisotopic (exact) mass is 281 g/mol. The van der Waals surface area contributed by atoms with E-state index in [1.54, 1.807) is 0 Å². The zero-order valence-electron chi connectivity index (χ0n) is 12.0. The van der Waals surface area contributed by atoms with E-state index in [0.29, 0.717) is 0 Å². The topological polar surface area (TPSA) is 18.5 Å². The molecule has 19 heavy (non-hydrogen) atoms. The van der Waals surface area contributed by atoms with Gasteiger partial charge in [0.15, 0.2) is 0 Å². The number of anilines is 1. The maximum atomic E-state index is 6.08. The smallest absolute Gasteiger partial charge is 0.0410 e. The van der Waals surface area contributed by atoms with Gasteiger partial charge in [-0.05, 0) is 56.7 Å². The number of likely N-dealkylation sites (N-methyl/N-ethyl adjacent to an activating group) is 1. The minimum absolute atomic E-state index is 0.807. The number of nitrogens with zero attached hydrogens (tertiary/aromatic N) is 2. The SMILES string of the molecule is CNCc1cc(Cl)ccc1N(C)CCN1CCCC1. The van der Waals surface area contributed by atoms with Gasteiger partial charge in [-0.1, -0.05) is 11.6 Å². The first-order chi connectivity index (χ1) is 9.20. The fraction of sp³-hybridized carbons (Fsp3) is 0.600. The summed E-state index contributed by atoms with van der Waals surface area (Å²) < 4.78 is 0. The van der Waals surface area contributed by atoms with Crippen LogP contribution in [0.2, 0.25) is 5.02 Å². The molecule has 0 bridgehead atoms. The number of nitrogens with one attached hydrogen (secondary N) is 1. The lowest BCUT2D eigenvalue weighted by atomic mass is 10.1. The van der Waals surface area contributed by atoms with Crippen LogP contribution >= 0.6 is 11.6 Å². The van der Waals surface area contributed by atoms with Crippen molar-refractivity contribution < 1.29 is 0 Å². The molecule has 1 aromatic carbocycles. The van der Waals surface area contributed by atoms with Crippen LogP contribution in [0, 0.1) is 0 Å². The molecular weight excluding hydrogens is 258 g/mol. The highest BCUT2D eigenvalue weighted by atomic mass is 35.5. The summed E-state index contributed by atoms with van der Waals surface area (Å²) in [6, 6.07) is 6.15. The molecule has 0 saturated carbocycles. The molecule has 1 aromatic rings. The second kappa shape index (κ2) is 7.13. The van der Waals surface area contributed by atoms with Crippen molar-refractivity contribution in [2.45, 2.75) is 19.4 Å². The van der Waals surface area contributed by atoms with Crippen LogP contribution in [0.4, 0.5) is 5.69 Å². The maximum absolute atomic E-state index is 6.08. The molecule has 0 aliphatic carbocycles. The Hall–Kier alpha value is -0.770. The van der Waals surface area contributed by atoms with E-state index in [4.69, 9.17) is 11.6 Å². The summed E-state index contributed by atoms with van der Waals surface area (Å²) in [6.45, 7) is 5.59. The average molecular weight is 282 g/mol. The van der Waals surface area contributed by atoms with Crippen molar-refractivity contribution in [1.82, 2.24) is 10.2 Å². The molecule has 0 spiro atoms. The second-order valence-corrected chi connectivity index (χ2v) is 5.71. The third kappa shape index (κ3) is 4.10. The number of benzene rings is 1. The zero-order chi connectivity index (χ0) is 13.7. The highest BCUT2D eigenvalue weighted by Gasteiger charge is 2.13. The van der Waals surface area contributed by atoms with E-state index in [9.17, 15) is 0 Å². The number of hydrogen-bond donors (Lipinski definition) is 1. The predicted octanol–water partition coefficient (Wildman–Crippen LogP) is 2.59. The van der Waals surface area contributed by atoms with Gasteiger partial charge in [-0.3, -0.25) is 0 Å². The Morgan fingerprint density at radius 1 is 1.32 bits per heavy atom. The average Bonchev–Trinajstić information content (AvgIpc) is 2.90. The first-order valence-electron chi connectivity index (χ1n) is 7.07. The van der Waals surface area contributed by atoms with Gasteiger partial charge in [-0.15, -0.1) is 0 Å². The van der Waals surface area contributed by atoms with Crippen molar-refractivity contribution in [3.05, 3.63) is 28.8 Å². The molecule has 0 aromatic heterocycles. The number of rotatable bonds is 6. The Kier molecular flexibility index (Phi) is 5.49. The molecule has 1 saturated heterocycles. The van der Waals surface area contributed by atoms with Gasteiger partial charge in [0.1, 0.15) is 0 Å². The summed E-state index contributed by atoms with van der Waals surface area (Å²) >= 11 is 6.08. The van der Waals surface area contributed by atoms with Crippen molar-refractivity contribution in [3.63, 3.8) is 0 Å². The van der Waals surface area contributed by atoms with Crippen molar-refractivity contribution in [1.29, 1.82) is 0 Å². The minimum atomic E-state index is 0.807. The van der Waals surface area contributed by atoms with Gasteiger partial charge in [0.25, 0.3) is 0 Å². The van der Waals surface area contributed by atoms with Crippen LogP contribution in [-0.4, -0.2) is 45.2 Å². The molecule has 1 heterocycles. The molecule has 0 atom stereocenters. The quantitative estimate of drug-likeness (QED) is 0.865. The molecule has 106 valence electrons. The lowest BCUT2D eigenvalue weighted by Crippen LogP contribution is -2.32. The number of hydrogen-bond acceptors (Lipinski definition) is 3. The second-order valence-electron chi connectivity index (χ2n) is 5.27. The van der Waals surface area contributed by atoms with Gasteiger partial charge in [-0.2, -0.15) is 0 Å². The Morgan fingerprint density at radius 3 is 2.74 bits per heavy atom. The van der Waals surface area contributed by atoms with E-state index < -0.39 is 0 Å². The summed E-state index contributed by atoms with van der Waals surface area (Å²) in [5.41, 5.74) is 2.54. The third-order valence-corrected chi connectivity index (χ3v) is 4.01. The predicted molar refractivity (Wildman–Crippen MR) is 83.2 cm³/mol. The van der Waals surface area contributed by atoms with E-state index in [-0.39, 0.29) is 0 Å². The van der Waals surface area contributed by atoms with E-state index in [2.05, 4.69) is 34.3 Å². The van der Waals surface area contributed by atoms with Crippen LogP contribution in [0.3, 0.4) is 0 Å². The van der Waals surface area contributed by atoms with Crippen molar-refractivity contribution in [3.8, 4) is 0 Å². The molecule has 4 heteroatoms. The van der Waals surface area contributed by atoms with E-state index >= 15 is 0 Å². The molecular formula is C15H24ClN3. The molecule has 0 amide bonds. The van der Waals surface area contributed by atoms with Gasteiger partial charge in [0, 0.05) is 37.4 Å². The highest BCUT2D eigenvalue weighted by Crippen LogP contribution is 2.23. The lowest BCUT2D eigenvalue weighted by molar-refractivity contribution is 0.346. The fourth-order valence-electron chi connectivity index (χ4n) is 2.68. The van der Waals surface area contributed by atoms with Crippen LogP contribution in [-0.2, 0) is 6.54 Å². The van der Waals surface area contributed by atoms with Crippen LogP contribution < -0.4 is 10.2 Å². The Morgan fingerprint density at radius 2 is 2.05 bits per heavy atom. The highest BCUT2D eigenvalue weighted by molar-refractivity contribution is 6.30. The van der Waals surface area contributed by atoms with Crippen molar-refractivity contribution in [2.24, 2.45) is 0 Å². The summed E-state index contributed by atoms with van der Waals surface area (Å²) in [7, 11) is 4.13. The Balaban J connectivity index is 1.98. The van der Waals surface area contributed by atoms with Crippen LogP contribution in [0.25, 0.3) is 0 Å². The zero-order valence-corrected chi connectivity index (χ0v) is 12.7. The van der Waals surface area contributed by atoms with E-state index in [0.717, 1.165) is 24.7 Å². The standard InChI is InChI=1S/C15H24ClN3/c1-17-12-13-11-14(16)5-6-15(13)18(2)9-10-19-7-3-4-8-19/h5-6,11,17H,3-4,7-10,12H2,1-2H3. The van der Waals surface area contributed by atoms with Gasteiger partial charge in [0.2, 0.25) is 0 Å². The number of likely N-dealkylation sites (tertiary alicyclic amines) is 1. The summed E-state index contributed by atoms with van der Waals surface area (Å²) in [5, 5.41) is 4.02. The first-order valence-corrected chi connectivity index (χ1v) is 7.45. The molecule has 1 aliphatic rings. The van der Waals surface area contributed by atoms with E-state index in [1.165, 1.54) is 37.2 Å². The maximum Gasteiger partial charge on any atom is 0.0410 e. The van der Waals surface area contributed by atoms with Crippen molar-refractivity contribution in [2.75, 3.05) is 45.2 Å². The fourth-order valence-corrected chi connectivity index (χ4v) is 2.87. The van der Waals surface area contributed by atoms with Crippen LogP contribution in [0.1, 0.15) is 18.4 Å². The van der Waals surface area contributed by atoms with Crippen molar-refractivity contribution >= 4 is 17.3 Å². The van der Waals surface area contributed by atoms with Gasteiger partial charge < -0.3 is 15.1 Å². The molecule has 3 nitrogen and oxygen atoms in total. The summed E-state index contributed by atoms with van der Waals surface area (Å²) in [4.78, 5) is 4.88. The molecule has 1 fully saturated rings. The molecule has 1 N–H and O–H groups in total. The van der Waals surface area contributed by atoms with Gasteiger partial charge >= 0.3 is 0 Å². The largest absolute Gasteiger partial charge is 0.373 e. The normalized spacial score (nSPS) is 15.9. The number of halogens is 1. The van der Waals surface area contributed by atoms with Crippen LogP contribution in [0.5, 0.6) is 0 Å². The minimum Gasteiger partial charge on any atom is -0.373 e. The lowest BCUT2D eigenvalue weighted by Gasteiger charge is -2.25. The Bertz CT molecular complexity index is 402. The van der Waals surface area contributed by atoms with E-state index in [1.807, 2.05) is 13.1 Å². The van der Waals surface area contributed by atoms with Gasteiger partial charge in [0.05, 0.1) is 0 Å². The molecule has 1 aliphatic heterocycles. The van der Waals surface area contributed by atoms with Gasteiger partial charge in [-0.25, -0.2) is 0 Å². The summed E-state index contributed by atoms with van der Waals surface area (Å²) in [5.74, 6) is 0. The molecule has 0 unspecified atom stereocenters. The molecule has 0 radical (unpaired) electrons. The summed E-state index contributed by atoms with van der Waals surface area (Å²) in [6.07, 6.45) is 2.71. The third-order valence-electron chi connectivity index (χ3n) is 3.77. The Labute approximate surface area is 121 Å².